The van der Waals surface area contributed by atoms with Gasteiger partial charge in [-0.3, -0.25) is 4.79 Å². The summed E-state index contributed by atoms with van der Waals surface area (Å²) in [5, 5.41) is 11.9. The molecular weight excluding hydrogens is 242 g/mol. The van der Waals surface area contributed by atoms with Crippen LogP contribution in [0, 0.1) is 5.92 Å². The molecule has 1 rings (SSSR count). The number of nitrogen functional groups attached to an aromatic ring is 1. The lowest BCUT2D eigenvalue weighted by Crippen LogP contribution is -2.30. The Hall–Kier alpha value is -1.75. The Morgan fingerprint density at radius 3 is 2.68 bits per heavy atom. The maximum Gasteiger partial charge on any atom is 0.229 e. The summed E-state index contributed by atoms with van der Waals surface area (Å²) in [5.74, 6) is 0.00831. The van der Waals surface area contributed by atoms with Gasteiger partial charge in [-0.15, -0.1) is 0 Å². The van der Waals surface area contributed by atoms with E-state index in [0.29, 0.717) is 18.7 Å². The van der Waals surface area contributed by atoms with Crippen LogP contribution in [0.25, 0.3) is 0 Å². The van der Waals surface area contributed by atoms with Gasteiger partial charge in [0.15, 0.2) is 0 Å². The summed E-state index contributed by atoms with van der Waals surface area (Å²) in [4.78, 5) is 13.5. The topological polar surface area (TPSA) is 78.6 Å². The zero-order chi connectivity index (χ0) is 14.4. The third-order valence-electron chi connectivity index (χ3n) is 2.90. The Morgan fingerprint density at radius 2 is 2.16 bits per heavy atom. The van der Waals surface area contributed by atoms with E-state index in [1.54, 1.807) is 18.0 Å². The molecule has 19 heavy (non-hydrogen) atoms. The van der Waals surface area contributed by atoms with Crippen LogP contribution in [-0.4, -0.2) is 31.2 Å². The van der Waals surface area contributed by atoms with Crippen molar-refractivity contribution in [2.75, 3.05) is 36.1 Å². The number of carbonyl (C=O) groups excluding carboxylic acids is 1. The molecule has 0 heterocycles. The minimum absolute atomic E-state index is 0.0476. The largest absolute Gasteiger partial charge is 0.397 e. The fourth-order valence-electron chi connectivity index (χ4n) is 1.74. The van der Waals surface area contributed by atoms with Gasteiger partial charge in [-0.05, 0) is 24.6 Å². The number of amides is 1. The highest BCUT2D eigenvalue weighted by Crippen LogP contribution is 2.25. The molecule has 0 fully saturated rings. The number of hydrogen-bond acceptors (Lipinski definition) is 4. The Balaban J connectivity index is 2.78. The van der Waals surface area contributed by atoms with Gasteiger partial charge in [0, 0.05) is 31.8 Å². The highest BCUT2D eigenvalue weighted by Gasteiger charge is 2.15. The number of nitrogens with two attached hydrogens (primary N) is 1. The van der Waals surface area contributed by atoms with Crippen molar-refractivity contribution in [2.24, 2.45) is 5.92 Å². The van der Waals surface area contributed by atoms with Gasteiger partial charge in [0.25, 0.3) is 0 Å². The van der Waals surface area contributed by atoms with Crippen molar-refractivity contribution in [3.05, 3.63) is 18.2 Å². The molecule has 4 N–H and O–H groups in total. The lowest BCUT2D eigenvalue weighted by molar-refractivity contribution is -0.121. The predicted octanol–water partition coefficient (Wildman–Crippen LogP) is 1.68. The van der Waals surface area contributed by atoms with Crippen LogP contribution in [0.4, 0.5) is 17.1 Å². The summed E-state index contributed by atoms with van der Waals surface area (Å²) in [6, 6.07) is 5.49. The molecule has 1 aromatic rings. The Morgan fingerprint density at radius 1 is 1.47 bits per heavy atom. The molecule has 106 valence electrons. The van der Waals surface area contributed by atoms with Crippen molar-refractivity contribution in [3.63, 3.8) is 0 Å². The van der Waals surface area contributed by atoms with Crippen molar-refractivity contribution in [1.82, 2.24) is 0 Å². The van der Waals surface area contributed by atoms with Crippen molar-refractivity contribution < 1.29 is 9.90 Å². The maximum absolute atomic E-state index is 11.9. The van der Waals surface area contributed by atoms with Crippen LogP contribution in [0.15, 0.2) is 18.2 Å². The molecule has 0 radical (unpaired) electrons. The number of aliphatic hydroxyl groups is 1. The average molecular weight is 265 g/mol. The molecule has 0 saturated heterocycles. The molecule has 0 aliphatic heterocycles. The van der Waals surface area contributed by atoms with E-state index in [2.05, 4.69) is 5.32 Å². The van der Waals surface area contributed by atoms with Gasteiger partial charge in [0.2, 0.25) is 5.91 Å². The summed E-state index contributed by atoms with van der Waals surface area (Å²) in [6.07, 6.45) is 0.674. The molecule has 0 aliphatic carbocycles. The zero-order valence-electron chi connectivity index (χ0n) is 11.8. The van der Waals surface area contributed by atoms with Gasteiger partial charge in [-0.2, -0.15) is 0 Å². The normalized spacial score (nSPS) is 10.6. The molecule has 5 heteroatoms. The first-order chi connectivity index (χ1) is 8.97. The summed E-state index contributed by atoms with van der Waals surface area (Å²) in [5.41, 5.74) is 8.15. The molecule has 0 saturated carbocycles. The van der Waals surface area contributed by atoms with E-state index in [0.717, 1.165) is 11.4 Å². The van der Waals surface area contributed by atoms with Crippen LogP contribution >= 0.6 is 0 Å². The van der Waals surface area contributed by atoms with Crippen molar-refractivity contribution in [1.29, 1.82) is 0 Å². The predicted molar refractivity (Wildman–Crippen MR) is 79.3 cm³/mol. The Kier molecular flexibility index (Phi) is 5.63. The Bertz CT molecular complexity index is 433. The quantitative estimate of drug-likeness (QED) is 0.540. The molecule has 0 atom stereocenters. The van der Waals surface area contributed by atoms with Crippen LogP contribution in [0.2, 0.25) is 0 Å². The fraction of sp³-hybridized carbons (Fsp3) is 0.500. The average Bonchev–Trinajstić information content (AvgIpc) is 2.39. The maximum atomic E-state index is 11.9. The van der Waals surface area contributed by atoms with Crippen LogP contribution < -0.4 is 16.0 Å². The lowest BCUT2D eigenvalue weighted by atomic mass is 10.1. The highest BCUT2D eigenvalue weighted by atomic mass is 16.3. The van der Waals surface area contributed by atoms with Crippen LogP contribution in [0.1, 0.15) is 20.3 Å². The van der Waals surface area contributed by atoms with Crippen molar-refractivity contribution in [2.45, 2.75) is 20.3 Å². The number of anilines is 3. The number of nitrogens with one attached hydrogen (secondary N) is 1. The van der Waals surface area contributed by atoms with Crippen molar-refractivity contribution in [3.8, 4) is 0 Å². The minimum Gasteiger partial charge on any atom is -0.397 e. The number of benzene rings is 1. The number of rotatable bonds is 6. The van der Waals surface area contributed by atoms with Gasteiger partial charge in [-0.1, -0.05) is 13.8 Å². The summed E-state index contributed by atoms with van der Waals surface area (Å²) >= 11 is 0. The molecule has 0 aromatic heterocycles. The van der Waals surface area contributed by atoms with Gasteiger partial charge < -0.3 is 21.1 Å². The number of nitrogens with zero attached hydrogens (tertiary/aromatic N) is 1. The third-order valence-corrected chi connectivity index (χ3v) is 2.90. The smallest absolute Gasteiger partial charge is 0.229 e. The number of aliphatic hydroxyl groups excluding tert-OH is 1. The second kappa shape index (κ2) is 6.99. The van der Waals surface area contributed by atoms with Crippen LogP contribution in [0.5, 0.6) is 0 Å². The summed E-state index contributed by atoms with van der Waals surface area (Å²) in [6.45, 7) is 4.55. The first kappa shape index (κ1) is 15.3. The molecule has 0 spiro atoms. The van der Waals surface area contributed by atoms with E-state index in [4.69, 9.17) is 10.8 Å². The number of hydrogen-bond donors (Lipinski definition) is 3. The molecule has 0 unspecified atom stereocenters. The standard InChI is InChI=1S/C14H23N3O2/c1-10(2)14(19)17(3)11-5-6-13(12(15)9-11)16-7-4-8-18/h5-6,9-10,16,18H,4,7-8,15H2,1-3H3. The monoisotopic (exact) mass is 265 g/mol. The molecule has 1 amide bonds. The fourth-order valence-corrected chi connectivity index (χ4v) is 1.74. The third kappa shape index (κ3) is 4.13. The summed E-state index contributed by atoms with van der Waals surface area (Å²) < 4.78 is 0. The second-order valence-electron chi connectivity index (χ2n) is 4.83. The molecule has 1 aromatic carbocycles. The van der Waals surface area contributed by atoms with E-state index in [1.807, 2.05) is 26.0 Å². The zero-order valence-corrected chi connectivity index (χ0v) is 11.8. The second-order valence-corrected chi connectivity index (χ2v) is 4.83. The van der Waals surface area contributed by atoms with Gasteiger partial charge >= 0.3 is 0 Å². The van der Waals surface area contributed by atoms with E-state index in [-0.39, 0.29) is 18.4 Å². The highest BCUT2D eigenvalue weighted by molar-refractivity contribution is 5.95. The lowest BCUT2D eigenvalue weighted by Gasteiger charge is -2.21. The van der Waals surface area contributed by atoms with E-state index < -0.39 is 0 Å². The molecule has 0 aliphatic rings. The van der Waals surface area contributed by atoms with Gasteiger partial charge in [0.05, 0.1) is 11.4 Å². The van der Waals surface area contributed by atoms with Gasteiger partial charge in [0.1, 0.15) is 0 Å². The first-order valence-corrected chi connectivity index (χ1v) is 6.49. The first-order valence-electron chi connectivity index (χ1n) is 6.49. The van der Waals surface area contributed by atoms with E-state index in [1.165, 1.54) is 0 Å². The molecular formula is C14H23N3O2. The molecule has 0 bridgehead atoms. The SMILES string of the molecule is CC(C)C(=O)N(C)c1ccc(NCCCO)c(N)c1. The summed E-state index contributed by atoms with van der Waals surface area (Å²) in [7, 11) is 1.75. The molecule has 5 nitrogen and oxygen atoms in total. The van der Waals surface area contributed by atoms with Crippen LogP contribution in [-0.2, 0) is 4.79 Å². The van der Waals surface area contributed by atoms with E-state index >= 15 is 0 Å². The minimum atomic E-state index is -0.0476. The number of carbonyl (C=O) groups is 1. The van der Waals surface area contributed by atoms with Crippen molar-refractivity contribution >= 4 is 23.0 Å². The Labute approximate surface area is 114 Å². The van der Waals surface area contributed by atoms with Gasteiger partial charge in [-0.25, -0.2) is 0 Å². The van der Waals surface area contributed by atoms with Crippen LogP contribution in [0.3, 0.4) is 0 Å². The van der Waals surface area contributed by atoms with E-state index in [9.17, 15) is 4.79 Å².